The molecular formula is C26H36ClN3O4S. The summed E-state index contributed by atoms with van der Waals surface area (Å²) < 4.78 is 26.0. The van der Waals surface area contributed by atoms with E-state index in [4.69, 9.17) is 11.6 Å². The molecule has 0 fully saturated rings. The third-order valence-electron chi connectivity index (χ3n) is 5.87. The van der Waals surface area contributed by atoms with Crippen LogP contribution < -0.4 is 9.62 Å². The maximum Gasteiger partial charge on any atom is 0.242 e. The van der Waals surface area contributed by atoms with E-state index in [2.05, 4.69) is 5.32 Å². The molecule has 2 unspecified atom stereocenters. The van der Waals surface area contributed by atoms with Gasteiger partial charge in [0.1, 0.15) is 6.04 Å². The molecule has 35 heavy (non-hydrogen) atoms. The normalized spacial score (nSPS) is 13.1. The van der Waals surface area contributed by atoms with E-state index in [1.807, 2.05) is 45.0 Å². The summed E-state index contributed by atoms with van der Waals surface area (Å²) in [5, 5.41) is 3.46. The van der Waals surface area contributed by atoms with E-state index in [0.717, 1.165) is 23.8 Å². The van der Waals surface area contributed by atoms with Crippen molar-refractivity contribution in [3.8, 4) is 0 Å². The Labute approximate surface area is 214 Å². The molecule has 0 saturated carbocycles. The lowest BCUT2D eigenvalue weighted by Gasteiger charge is -2.30. The molecule has 0 spiro atoms. The lowest BCUT2D eigenvalue weighted by Crippen LogP contribution is -2.49. The van der Waals surface area contributed by atoms with Gasteiger partial charge in [0.25, 0.3) is 0 Å². The number of benzene rings is 2. The molecule has 0 radical (unpaired) electrons. The van der Waals surface area contributed by atoms with Crippen molar-refractivity contribution < 1.29 is 18.0 Å². The maximum atomic E-state index is 13.3. The zero-order chi connectivity index (χ0) is 26.2. The molecule has 2 aromatic carbocycles. The van der Waals surface area contributed by atoms with Crippen LogP contribution in [-0.4, -0.2) is 50.0 Å². The summed E-state index contributed by atoms with van der Waals surface area (Å²) in [5.74, 6) is -0.415. The van der Waals surface area contributed by atoms with E-state index in [1.54, 1.807) is 36.1 Å². The number of nitrogens with one attached hydrogen (secondary N) is 1. The van der Waals surface area contributed by atoms with Crippen LogP contribution in [0.5, 0.6) is 0 Å². The quantitative estimate of drug-likeness (QED) is 0.444. The van der Waals surface area contributed by atoms with E-state index >= 15 is 0 Å². The number of anilines is 1. The third kappa shape index (κ3) is 8.85. The van der Waals surface area contributed by atoms with Crippen molar-refractivity contribution in [3.63, 3.8) is 0 Å². The van der Waals surface area contributed by atoms with E-state index in [-0.39, 0.29) is 30.8 Å². The number of amides is 2. The Kier molecular flexibility index (Phi) is 10.6. The van der Waals surface area contributed by atoms with Crippen molar-refractivity contribution in [3.05, 3.63) is 64.7 Å². The standard InChI is InChI=1S/C26H36ClN3O4S/c1-6-20(3)28-26(32)21(4)29(18-22-10-7-9-19(2)17-22)25(31)11-8-16-30(35(5,33)34)24-14-12-23(27)13-15-24/h7,9-10,12-15,17,20-21H,6,8,11,16,18H2,1-5H3,(H,28,32). The molecule has 2 aromatic rings. The predicted octanol–water partition coefficient (Wildman–Crippen LogP) is 4.53. The molecule has 0 aromatic heterocycles. The van der Waals surface area contributed by atoms with Gasteiger partial charge in [-0.3, -0.25) is 13.9 Å². The van der Waals surface area contributed by atoms with Crippen molar-refractivity contribution in [2.24, 2.45) is 0 Å². The molecule has 2 atom stereocenters. The SMILES string of the molecule is CCC(C)NC(=O)C(C)N(Cc1cccc(C)c1)C(=O)CCCN(c1ccc(Cl)cc1)S(C)(=O)=O. The molecule has 1 N–H and O–H groups in total. The zero-order valence-electron chi connectivity index (χ0n) is 21.1. The molecule has 192 valence electrons. The van der Waals surface area contributed by atoms with E-state index in [9.17, 15) is 18.0 Å². The first-order valence-electron chi connectivity index (χ1n) is 11.8. The van der Waals surface area contributed by atoms with Gasteiger partial charge in [0.2, 0.25) is 21.8 Å². The minimum absolute atomic E-state index is 0.00330. The summed E-state index contributed by atoms with van der Waals surface area (Å²) >= 11 is 5.93. The average molecular weight is 522 g/mol. The van der Waals surface area contributed by atoms with Gasteiger partial charge in [-0.25, -0.2) is 8.42 Å². The molecule has 2 rings (SSSR count). The number of carbonyl (C=O) groups is 2. The van der Waals surface area contributed by atoms with Crippen LogP contribution >= 0.6 is 11.6 Å². The van der Waals surface area contributed by atoms with Gasteiger partial charge in [0, 0.05) is 30.6 Å². The number of aryl methyl sites for hydroxylation is 1. The smallest absolute Gasteiger partial charge is 0.242 e. The first-order valence-corrected chi connectivity index (χ1v) is 14.0. The lowest BCUT2D eigenvalue weighted by atomic mass is 10.1. The lowest BCUT2D eigenvalue weighted by molar-refractivity contribution is -0.140. The Morgan fingerprint density at radius 3 is 2.31 bits per heavy atom. The number of rotatable bonds is 12. The summed E-state index contributed by atoms with van der Waals surface area (Å²) in [7, 11) is -3.55. The number of nitrogens with zero attached hydrogens (tertiary/aromatic N) is 2. The Hall–Kier alpha value is -2.58. The van der Waals surface area contributed by atoms with Crippen molar-refractivity contribution in [1.29, 1.82) is 0 Å². The second-order valence-corrected chi connectivity index (χ2v) is 11.3. The number of hydrogen-bond donors (Lipinski definition) is 1. The number of hydrogen-bond acceptors (Lipinski definition) is 4. The minimum Gasteiger partial charge on any atom is -0.352 e. The van der Waals surface area contributed by atoms with E-state index < -0.39 is 16.1 Å². The Morgan fingerprint density at radius 2 is 1.74 bits per heavy atom. The Bertz CT molecular complexity index is 1110. The number of carbonyl (C=O) groups excluding carboxylic acids is 2. The summed E-state index contributed by atoms with van der Waals surface area (Å²) in [6.45, 7) is 8.04. The molecule has 0 saturated heterocycles. The first kappa shape index (κ1) is 28.7. The highest BCUT2D eigenvalue weighted by Crippen LogP contribution is 2.21. The van der Waals surface area contributed by atoms with Crippen LogP contribution in [0.2, 0.25) is 5.02 Å². The van der Waals surface area contributed by atoms with Crippen LogP contribution in [0.3, 0.4) is 0 Å². The van der Waals surface area contributed by atoms with Gasteiger partial charge in [0.15, 0.2) is 0 Å². The Balaban J connectivity index is 2.16. The molecule has 0 bridgehead atoms. The van der Waals surface area contributed by atoms with Gasteiger partial charge in [-0.05, 0) is 63.4 Å². The van der Waals surface area contributed by atoms with Crippen molar-refractivity contribution in [2.75, 3.05) is 17.1 Å². The molecule has 0 heterocycles. The van der Waals surface area contributed by atoms with Crippen molar-refractivity contribution in [1.82, 2.24) is 10.2 Å². The highest BCUT2D eigenvalue weighted by atomic mass is 35.5. The van der Waals surface area contributed by atoms with Crippen molar-refractivity contribution >= 4 is 39.1 Å². The highest BCUT2D eigenvalue weighted by Gasteiger charge is 2.27. The second-order valence-electron chi connectivity index (χ2n) is 8.92. The minimum atomic E-state index is -3.55. The highest BCUT2D eigenvalue weighted by molar-refractivity contribution is 7.92. The van der Waals surface area contributed by atoms with Gasteiger partial charge >= 0.3 is 0 Å². The maximum absolute atomic E-state index is 13.3. The molecular weight excluding hydrogens is 486 g/mol. The molecule has 0 aliphatic heterocycles. The van der Waals surface area contributed by atoms with Crippen molar-refractivity contribution in [2.45, 2.75) is 65.6 Å². The Morgan fingerprint density at radius 1 is 1.09 bits per heavy atom. The summed E-state index contributed by atoms with van der Waals surface area (Å²) in [6, 6.07) is 13.7. The average Bonchev–Trinajstić information content (AvgIpc) is 2.79. The van der Waals surface area contributed by atoms with Crippen LogP contribution in [-0.2, 0) is 26.2 Å². The summed E-state index contributed by atoms with van der Waals surface area (Å²) in [4.78, 5) is 27.7. The van der Waals surface area contributed by atoms with Crippen LogP contribution in [0, 0.1) is 6.92 Å². The fourth-order valence-corrected chi connectivity index (χ4v) is 4.76. The van der Waals surface area contributed by atoms with Crippen LogP contribution in [0.1, 0.15) is 51.2 Å². The van der Waals surface area contributed by atoms with Gasteiger partial charge < -0.3 is 10.2 Å². The monoisotopic (exact) mass is 521 g/mol. The van der Waals surface area contributed by atoms with Gasteiger partial charge in [-0.2, -0.15) is 0 Å². The van der Waals surface area contributed by atoms with Gasteiger partial charge in [0.05, 0.1) is 11.9 Å². The second kappa shape index (κ2) is 12.9. The first-order chi connectivity index (χ1) is 16.4. The van der Waals surface area contributed by atoms with Gasteiger partial charge in [-0.15, -0.1) is 0 Å². The molecule has 2 amide bonds. The van der Waals surface area contributed by atoms with Crippen LogP contribution in [0.4, 0.5) is 5.69 Å². The summed E-state index contributed by atoms with van der Waals surface area (Å²) in [6.07, 6.45) is 2.33. The summed E-state index contributed by atoms with van der Waals surface area (Å²) in [5.41, 5.74) is 2.49. The predicted molar refractivity (Wildman–Crippen MR) is 142 cm³/mol. The van der Waals surface area contributed by atoms with Crippen LogP contribution in [0.15, 0.2) is 48.5 Å². The number of halogens is 1. The topological polar surface area (TPSA) is 86.8 Å². The van der Waals surface area contributed by atoms with E-state index in [1.165, 1.54) is 4.31 Å². The molecule has 7 nitrogen and oxygen atoms in total. The molecule has 9 heteroatoms. The van der Waals surface area contributed by atoms with Crippen LogP contribution in [0.25, 0.3) is 0 Å². The molecule has 0 aliphatic carbocycles. The number of sulfonamides is 1. The third-order valence-corrected chi connectivity index (χ3v) is 7.32. The molecule has 0 aliphatic rings. The zero-order valence-corrected chi connectivity index (χ0v) is 22.7. The van der Waals surface area contributed by atoms with Gasteiger partial charge in [-0.1, -0.05) is 48.4 Å². The largest absolute Gasteiger partial charge is 0.352 e. The fraction of sp³-hybridized carbons (Fsp3) is 0.462. The fourth-order valence-electron chi connectivity index (χ4n) is 3.67. The van der Waals surface area contributed by atoms with E-state index in [0.29, 0.717) is 23.7 Å².